The van der Waals surface area contributed by atoms with Gasteiger partial charge in [0.15, 0.2) is 17.3 Å². The highest BCUT2D eigenvalue weighted by Crippen LogP contribution is 2.31. The van der Waals surface area contributed by atoms with E-state index in [1.54, 1.807) is 42.3 Å². The molecule has 4 rings (SSSR count). The van der Waals surface area contributed by atoms with Crippen molar-refractivity contribution >= 4 is 11.8 Å². The molecule has 0 aliphatic carbocycles. The van der Waals surface area contributed by atoms with Gasteiger partial charge < -0.3 is 28.1 Å². The number of piperazine rings is 1. The van der Waals surface area contributed by atoms with Crippen LogP contribution in [-0.2, 0) is 0 Å². The Morgan fingerprint density at radius 1 is 1.14 bits per heavy atom. The Labute approximate surface area is 204 Å². The number of benzene rings is 1. The minimum absolute atomic E-state index is 0.0770. The van der Waals surface area contributed by atoms with Crippen LogP contribution in [0.3, 0.4) is 0 Å². The first-order valence-corrected chi connectivity index (χ1v) is 11.9. The van der Waals surface area contributed by atoms with Crippen molar-refractivity contribution in [1.82, 2.24) is 9.88 Å². The highest BCUT2D eigenvalue weighted by atomic mass is 16.5. The summed E-state index contributed by atoms with van der Waals surface area (Å²) in [5.74, 6) is 2.24. The molecule has 3 aromatic rings. The lowest BCUT2D eigenvalue weighted by Gasteiger charge is -2.34. The van der Waals surface area contributed by atoms with E-state index in [4.69, 9.17) is 18.3 Å². The van der Waals surface area contributed by atoms with E-state index in [2.05, 4.69) is 18.0 Å². The van der Waals surface area contributed by atoms with Crippen molar-refractivity contribution in [3.05, 3.63) is 47.9 Å². The standard InChI is InChI=1S/C26H30N4O5/c1-3-4-5-6-15-33-21-10-9-19(17-23(21)32-2)25(31)29-11-13-30(14-12-29)26-20(18-27)28-24(35-26)22-8-7-16-34-22/h7-10,16-17H,3-6,11-15H2,1-2H3. The molecule has 0 spiro atoms. The van der Waals surface area contributed by atoms with Crippen LogP contribution in [0.1, 0.15) is 48.7 Å². The fourth-order valence-electron chi connectivity index (χ4n) is 4.03. The highest BCUT2D eigenvalue weighted by molar-refractivity contribution is 5.95. The van der Waals surface area contributed by atoms with Gasteiger partial charge >= 0.3 is 0 Å². The van der Waals surface area contributed by atoms with Gasteiger partial charge in [0.1, 0.15) is 6.07 Å². The van der Waals surface area contributed by atoms with Crippen LogP contribution in [0.5, 0.6) is 11.5 Å². The van der Waals surface area contributed by atoms with E-state index >= 15 is 0 Å². The van der Waals surface area contributed by atoms with E-state index in [0.717, 1.165) is 12.8 Å². The Hall–Kier alpha value is -3.93. The van der Waals surface area contributed by atoms with E-state index in [1.807, 2.05) is 4.90 Å². The van der Waals surface area contributed by atoms with Crippen molar-refractivity contribution in [3.8, 4) is 29.2 Å². The lowest BCUT2D eigenvalue weighted by Crippen LogP contribution is -2.48. The third-order valence-corrected chi connectivity index (χ3v) is 5.97. The first-order chi connectivity index (χ1) is 17.1. The first-order valence-electron chi connectivity index (χ1n) is 11.9. The van der Waals surface area contributed by atoms with Gasteiger partial charge in [-0.05, 0) is 36.8 Å². The molecule has 0 N–H and O–H groups in total. The second kappa shape index (κ2) is 11.5. The van der Waals surface area contributed by atoms with Gasteiger partial charge in [0.2, 0.25) is 11.6 Å². The van der Waals surface area contributed by atoms with Crippen molar-refractivity contribution < 1.29 is 23.1 Å². The summed E-state index contributed by atoms with van der Waals surface area (Å²) in [7, 11) is 1.58. The molecule has 0 saturated carbocycles. The zero-order valence-electron chi connectivity index (χ0n) is 20.2. The summed E-state index contributed by atoms with van der Waals surface area (Å²) in [6.07, 6.45) is 6.02. The molecular formula is C26H30N4O5. The van der Waals surface area contributed by atoms with Crippen LogP contribution in [0, 0.1) is 11.3 Å². The Morgan fingerprint density at radius 3 is 2.66 bits per heavy atom. The van der Waals surface area contributed by atoms with Gasteiger partial charge in [0.25, 0.3) is 11.8 Å². The normalized spacial score (nSPS) is 13.5. The van der Waals surface area contributed by atoms with E-state index in [1.165, 1.54) is 19.1 Å². The SMILES string of the molecule is CCCCCCOc1ccc(C(=O)N2CCN(c3oc(-c4ccco4)nc3C#N)CC2)cc1OC. The number of carbonyl (C=O) groups is 1. The van der Waals surface area contributed by atoms with Crippen molar-refractivity contribution in [2.75, 3.05) is 44.8 Å². The van der Waals surface area contributed by atoms with Gasteiger partial charge in [-0.1, -0.05) is 26.2 Å². The van der Waals surface area contributed by atoms with E-state index in [9.17, 15) is 10.1 Å². The largest absolute Gasteiger partial charge is 0.493 e. The third kappa shape index (κ3) is 5.60. The number of ether oxygens (including phenoxy) is 2. The molecule has 1 fully saturated rings. The second-order valence-corrected chi connectivity index (χ2v) is 8.32. The fourth-order valence-corrected chi connectivity index (χ4v) is 4.03. The molecule has 0 bridgehead atoms. The number of furan rings is 1. The molecule has 0 radical (unpaired) electrons. The topological polar surface area (TPSA) is 105 Å². The third-order valence-electron chi connectivity index (χ3n) is 5.97. The predicted octanol–water partition coefficient (Wildman–Crippen LogP) is 4.74. The minimum atomic E-state index is -0.0770. The van der Waals surface area contributed by atoms with Crippen molar-refractivity contribution in [3.63, 3.8) is 0 Å². The van der Waals surface area contributed by atoms with E-state index in [-0.39, 0.29) is 17.5 Å². The first kappa shape index (κ1) is 24.2. The number of oxazole rings is 1. The monoisotopic (exact) mass is 478 g/mol. The maximum Gasteiger partial charge on any atom is 0.266 e. The van der Waals surface area contributed by atoms with Gasteiger partial charge in [-0.3, -0.25) is 4.79 Å². The number of unbranched alkanes of at least 4 members (excludes halogenated alkanes) is 3. The van der Waals surface area contributed by atoms with Crippen LogP contribution in [0.4, 0.5) is 5.88 Å². The highest BCUT2D eigenvalue weighted by Gasteiger charge is 2.28. The molecule has 2 aromatic heterocycles. The lowest BCUT2D eigenvalue weighted by molar-refractivity contribution is 0.0745. The molecule has 1 amide bonds. The molecule has 9 heteroatoms. The smallest absolute Gasteiger partial charge is 0.266 e. The van der Waals surface area contributed by atoms with Crippen LogP contribution in [0.15, 0.2) is 45.4 Å². The Balaban J connectivity index is 1.37. The summed E-state index contributed by atoms with van der Waals surface area (Å²) in [6.45, 7) is 4.80. The maximum absolute atomic E-state index is 13.1. The number of rotatable bonds is 10. The summed E-state index contributed by atoms with van der Waals surface area (Å²) in [5.41, 5.74) is 0.748. The van der Waals surface area contributed by atoms with Crippen LogP contribution in [0.25, 0.3) is 11.7 Å². The number of carbonyl (C=O) groups excluding carboxylic acids is 1. The van der Waals surface area contributed by atoms with Crippen LogP contribution in [-0.4, -0.2) is 55.7 Å². The molecule has 1 aliphatic heterocycles. The number of anilines is 1. The van der Waals surface area contributed by atoms with Gasteiger partial charge in [-0.25, -0.2) is 0 Å². The summed E-state index contributed by atoms with van der Waals surface area (Å²) >= 11 is 0. The van der Waals surface area contributed by atoms with Crippen LogP contribution < -0.4 is 14.4 Å². The Bertz CT molecular complexity index is 1160. The second-order valence-electron chi connectivity index (χ2n) is 8.32. The van der Waals surface area contributed by atoms with Crippen LogP contribution >= 0.6 is 0 Å². The summed E-state index contributed by atoms with van der Waals surface area (Å²) in [5, 5.41) is 9.50. The number of nitrogens with zero attached hydrogens (tertiary/aromatic N) is 4. The number of aromatic nitrogens is 1. The Kier molecular flexibility index (Phi) is 7.93. The van der Waals surface area contributed by atoms with Crippen molar-refractivity contribution in [2.45, 2.75) is 32.6 Å². The summed E-state index contributed by atoms with van der Waals surface area (Å²) < 4.78 is 22.5. The molecule has 3 heterocycles. The zero-order chi connectivity index (χ0) is 24.6. The maximum atomic E-state index is 13.1. The predicted molar refractivity (Wildman–Crippen MR) is 130 cm³/mol. The van der Waals surface area contributed by atoms with Crippen molar-refractivity contribution in [2.24, 2.45) is 0 Å². The number of methoxy groups -OCH3 is 1. The number of hydrogen-bond donors (Lipinski definition) is 0. The summed E-state index contributed by atoms with van der Waals surface area (Å²) in [4.78, 5) is 21.1. The molecule has 1 aromatic carbocycles. The average molecular weight is 479 g/mol. The zero-order valence-corrected chi connectivity index (χ0v) is 20.2. The molecule has 0 atom stereocenters. The van der Waals surface area contributed by atoms with Crippen molar-refractivity contribution in [1.29, 1.82) is 5.26 Å². The van der Waals surface area contributed by atoms with Gasteiger partial charge in [0.05, 0.1) is 20.0 Å². The molecule has 35 heavy (non-hydrogen) atoms. The molecule has 1 saturated heterocycles. The minimum Gasteiger partial charge on any atom is -0.493 e. The van der Waals surface area contributed by atoms with Crippen LogP contribution in [0.2, 0.25) is 0 Å². The molecule has 0 unspecified atom stereocenters. The fraction of sp³-hybridized carbons (Fsp3) is 0.423. The van der Waals surface area contributed by atoms with Gasteiger partial charge in [-0.15, -0.1) is 0 Å². The van der Waals surface area contributed by atoms with E-state index in [0.29, 0.717) is 61.5 Å². The number of hydrogen-bond acceptors (Lipinski definition) is 8. The number of amides is 1. The Morgan fingerprint density at radius 2 is 1.97 bits per heavy atom. The lowest BCUT2D eigenvalue weighted by atomic mass is 10.1. The average Bonchev–Trinajstić information content (AvgIpc) is 3.58. The van der Waals surface area contributed by atoms with Gasteiger partial charge in [-0.2, -0.15) is 10.2 Å². The number of nitriles is 1. The van der Waals surface area contributed by atoms with Gasteiger partial charge in [0, 0.05) is 31.7 Å². The molecular weight excluding hydrogens is 448 g/mol. The molecule has 9 nitrogen and oxygen atoms in total. The molecule has 1 aliphatic rings. The summed E-state index contributed by atoms with van der Waals surface area (Å²) in [6, 6.07) is 10.8. The quantitative estimate of drug-likeness (QED) is 0.385. The van der Waals surface area contributed by atoms with E-state index < -0.39 is 0 Å². The molecule has 184 valence electrons.